The zero-order valence-corrected chi connectivity index (χ0v) is 11.2. The predicted molar refractivity (Wildman–Crippen MR) is 64.3 cm³/mol. The Labute approximate surface area is 121 Å². The summed E-state index contributed by atoms with van der Waals surface area (Å²) in [6, 6.07) is 0.631. The summed E-state index contributed by atoms with van der Waals surface area (Å²) in [7, 11) is 0. The Bertz CT molecular complexity index is 456. The van der Waals surface area contributed by atoms with Crippen molar-refractivity contribution in [1.29, 1.82) is 0 Å². The molecule has 3 N–H and O–H groups in total. The van der Waals surface area contributed by atoms with Gasteiger partial charge >= 0.3 is 6.36 Å². The van der Waals surface area contributed by atoms with E-state index >= 15 is 0 Å². The SMILES string of the molecule is Cl.N[C@H](c1ccc(OC(F)(F)F)c(Cl)c1)C(F)(F)CO. The molecular weight excluding hydrogens is 332 g/mol. The molecular formula is C10H10Cl2F5NO2. The summed E-state index contributed by atoms with van der Waals surface area (Å²) in [6.45, 7) is -1.49. The molecule has 0 spiro atoms. The second-order valence-corrected chi connectivity index (χ2v) is 4.04. The van der Waals surface area contributed by atoms with E-state index in [2.05, 4.69) is 4.74 Å². The van der Waals surface area contributed by atoms with Crippen molar-refractivity contribution >= 4 is 24.0 Å². The van der Waals surface area contributed by atoms with Gasteiger partial charge in [0.1, 0.15) is 12.4 Å². The van der Waals surface area contributed by atoms with Gasteiger partial charge < -0.3 is 15.6 Å². The molecule has 1 aromatic rings. The normalized spacial score (nSPS) is 13.6. The molecule has 1 rings (SSSR count). The van der Waals surface area contributed by atoms with Crippen molar-refractivity contribution in [3.8, 4) is 5.75 Å². The number of aliphatic hydroxyl groups is 1. The van der Waals surface area contributed by atoms with Crippen LogP contribution in [0.4, 0.5) is 22.0 Å². The minimum Gasteiger partial charge on any atom is -0.404 e. The largest absolute Gasteiger partial charge is 0.573 e. The molecule has 0 saturated heterocycles. The van der Waals surface area contributed by atoms with Crippen LogP contribution in [-0.4, -0.2) is 24.0 Å². The van der Waals surface area contributed by atoms with Crippen molar-refractivity contribution in [1.82, 2.24) is 0 Å². The summed E-state index contributed by atoms with van der Waals surface area (Å²) in [5, 5.41) is 7.95. The van der Waals surface area contributed by atoms with Crippen molar-refractivity contribution in [3.05, 3.63) is 28.8 Å². The van der Waals surface area contributed by atoms with Gasteiger partial charge in [0.2, 0.25) is 0 Å². The maximum absolute atomic E-state index is 13.1. The highest BCUT2D eigenvalue weighted by atomic mass is 35.5. The van der Waals surface area contributed by atoms with Gasteiger partial charge in [-0.05, 0) is 17.7 Å². The minimum atomic E-state index is -4.94. The van der Waals surface area contributed by atoms with Gasteiger partial charge in [-0.2, -0.15) is 0 Å². The Morgan fingerprint density at radius 2 is 1.80 bits per heavy atom. The smallest absolute Gasteiger partial charge is 0.404 e. The molecule has 0 bridgehead atoms. The van der Waals surface area contributed by atoms with Crippen LogP contribution < -0.4 is 10.5 Å². The Morgan fingerprint density at radius 1 is 1.25 bits per heavy atom. The third kappa shape index (κ3) is 4.93. The van der Waals surface area contributed by atoms with Gasteiger partial charge in [0.25, 0.3) is 5.92 Å². The number of nitrogens with two attached hydrogens (primary N) is 1. The van der Waals surface area contributed by atoms with Crippen LogP contribution in [0.1, 0.15) is 11.6 Å². The number of rotatable bonds is 4. The number of halogens is 7. The summed E-state index contributed by atoms with van der Waals surface area (Å²) in [4.78, 5) is 0. The minimum absolute atomic E-state index is 0. The van der Waals surface area contributed by atoms with Crippen molar-refractivity contribution in [2.45, 2.75) is 18.3 Å². The summed E-state index contributed by atoms with van der Waals surface area (Å²) < 4.78 is 65.7. The number of hydrogen-bond donors (Lipinski definition) is 2. The summed E-state index contributed by atoms with van der Waals surface area (Å²) in [6.07, 6.45) is -4.94. The topological polar surface area (TPSA) is 55.5 Å². The Hall–Kier alpha value is -0.830. The van der Waals surface area contributed by atoms with E-state index < -0.39 is 35.7 Å². The summed E-state index contributed by atoms with van der Waals surface area (Å²) >= 11 is 5.48. The van der Waals surface area contributed by atoms with Gasteiger partial charge in [-0.3, -0.25) is 0 Å². The monoisotopic (exact) mass is 341 g/mol. The lowest BCUT2D eigenvalue weighted by Gasteiger charge is -2.22. The van der Waals surface area contributed by atoms with Crippen LogP contribution in [0.3, 0.4) is 0 Å². The molecule has 0 aliphatic rings. The van der Waals surface area contributed by atoms with Crippen molar-refractivity contribution in [3.63, 3.8) is 0 Å². The molecule has 3 nitrogen and oxygen atoms in total. The van der Waals surface area contributed by atoms with E-state index in [1.54, 1.807) is 0 Å². The fourth-order valence-corrected chi connectivity index (χ4v) is 1.49. The van der Waals surface area contributed by atoms with Gasteiger partial charge in [-0.25, -0.2) is 8.78 Å². The molecule has 0 saturated carbocycles. The van der Waals surface area contributed by atoms with Crippen LogP contribution >= 0.6 is 24.0 Å². The zero-order chi connectivity index (χ0) is 14.8. The molecule has 0 aliphatic carbocycles. The maximum atomic E-state index is 13.1. The van der Waals surface area contributed by atoms with Gasteiger partial charge in [-0.15, -0.1) is 25.6 Å². The number of aliphatic hydroxyl groups excluding tert-OH is 1. The highest BCUT2D eigenvalue weighted by Gasteiger charge is 2.38. The van der Waals surface area contributed by atoms with Gasteiger partial charge in [0, 0.05) is 0 Å². The van der Waals surface area contributed by atoms with Gasteiger partial charge in [0.15, 0.2) is 0 Å². The Morgan fingerprint density at radius 3 is 2.20 bits per heavy atom. The number of hydrogen-bond acceptors (Lipinski definition) is 3. The number of alkyl halides is 5. The van der Waals surface area contributed by atoms with E-state index in [4.69, 9.17) is 22.4 Å². The summed E-state index contributed by atoms with van der Waals surface area (Å²) in [5.41, 5.74) is 4.97. The maximum Gasteiger partial charge on any atom is 0.573 e. The first-order valence-corrected chi connectivity index (χ1v) is 5.24. The third-order valence-corrected chi connectivity index (χ3v) is 2.50. The first-order valence-electron chi connectivity index (χ1n) is 4.86. The first-order chi connectivity index (χ1) is 8.57. The molecule has 116 valence electrons. The van der Waals surface area contributed by atoms with Crippen LogP contribution in [0.15, 0.2) is 18.2 Å². The van der Waals surface area contributed by atoms with Crippen molar-refractivity contribution < 1.29 is 31.8 Å². The number of ether oxygens (including phenoxy) is 1. The Balaban J connectivity index is 0.00000361. The van der Waals surface area contributed by atoms with Crippen LogP contribution in [0.2, 0.25) is 5.02 Å². The lowest BCUT2D eigenvalue weighted by Crippen LogP contribution is -2.36. The average molecular weight is 342 g/mol. The number of benzene rings is 1. The molecule has 0 fully saturated rings. The predicted octanol–water partition coefficient (Wildman–Crippen LogP) is 3.29. The average Bonchev–Trinajstić information content (AvgIpc) is 2.29. The van der Waals surface area contributed by atoms with E-state index in [0.717, 1.165) is 18.2 Å². The Kier molecular flexibility index (Phi) is 6.47. The van der Waals surface area contributed by atoms with Crippen molar-refractivity contribution in [2.24, 2.45) is 5.73 Å². The van der Waals surface area contributed by atoms with Crippen LogP contribution in [0.5, 0.6) is 5.75 Å². The molecule has 0 radical (unpaired) electrons. The van der Waals surface area contributed by atoms with E-state index in [1.165, 1.54) is 0 Å². The van der Waals surface area contributed by atoms with E-state index in [0.29, 0.717) is 0 Å². The molecule has 0 aromatic heterocycles. The molecule has 10 heteroatoms. The van der Waals surface area contributed by atoms with Crippen LogP contribution in [0, 0.1) is 0 Å². The van der Waals surface area contributed by atoms with E-state index in [9.17, 15) is 22.0 Å². The second kappa shape index (κ2) is 6.75. The van der Waals surface area contributed by atoms with E-state index in [-0.39, 0.29) is 18.0 Å². The summed E-state index contributed by atoms with van der Waals surface area (Å²) in [5.74, 6) is -4.34. The third-order valence-electron chi connectivity index (χ3n) is 2.21. The van der Waals surface area contributed by atoms with E-state index in [1.807, 2.05) is 0 Å². The second-order valence-electron chi connectivity index (χ2n) is 3.63. The molecule has 0 unspecified atom stereocenters. The van der Waals surface area contributed by atoms with Gasteiger partial charge in [-0.1, -0.05) is 17.7 Å². The molecule has 0 amide bonds. The molecule has 20 heavy (non-hydrogen) atoms. The molecule has 0 heterocycles. The van der Waals surface area contributed by atoms with Crippen molar-refractivity contribution in [2.75, 3.05) is 6.61 Å². The molecule has 0 aliphatic heterocycles. The first kappa shape index (κ1) is 19.2. The fourth-order valence-electron chi connectivity index (χ4n) is 1.26. The fraction of sp³-hybridized carbons (Fsp3) is 0.400. The standard InChI is InChI=1S/C10H9ClF5NO2.ClH/c11-6-3-5(8(17)9(12,13)4-18)1-2-7(6)19-10(14,15)16;/h1-3,8,18H,4,17H2;1H/t8-;/m1./s1. The molecule has 1 atom stereocenters. The zero-order valence-electron chi connectivity index (χ0n) is 9.63. The van der Waals surface area contributed by atoms with Crippen LogP contribution in [-0.2, 0) is 0 Å². The highest BCUT2D eigenvalue weighted by molar-refractivity contribution is 6.32. The molecule has 1 aromatic carbocycles. The lowest BCUT2D eigenvalue weighted by molar-refractivity contribution is -0.274. The quantitative estimate of drug-likeness (QED) is 0.826. The van der Waals surface area contributed by atoms with Gasteiger partial charge in [0.05, 0.1) is 11.1 Å². The van der Waals surface area contributed by atoms with Crippen LogP contribution in [0.25, 0.3) is 0 Å². The highest BCUT2D eigenvalue weighted by Crippen LogP contribution is 2.35. The lowest BCUT2D eigenvalue weighted by atomic mass is 10.0.